The summed E-state index contributed by atoms with van der Waals surface area (Å²) >= 11 is 1.88. The van der Waals surface area contributed by atoms with Crippen molar-refractivity contribution in [2.75, 3.05) is 31.6 Å². The van der Waals surface area contributed by atoms with Gasteiger partial charge in [-0.15, -0.1) is 0 Å². The van der Waals surface area contributed by atoms with Crippen molar-refractivity contribution >= 4 is 11.8 Å². The van der Waals surface area contributed by atoms with Gasteiger partial charge in [0.2, 0.25) is 0 Å². The van der Waals surface area contributed by atoms with E-state index in [1.54, 1.807) is 18.2 Å². The number of ether oxygens (including phenoxy) is 1. The molecular weight excluding hydrogens is 237 g/mol. The first-order valence-electron chi connectivity index (χ1n) is 5.92. The second-order valence-electron chi connectivity index (χ2n) is 4.28. The fraction of sp³-hybridized carbons (Fsp3) is 0.538. The van der Waals surface area contributed by atoms with Crippen LogP contribution in [0.4, 0.5) is 4.39 Å². The van der Waals surface area contributed by atoms with E-state index >= 15 is 0 Å². The van der Waals surface area contributed by atoms with Crippen molar-refractivity contribution in [2.24, 2.45) is 0 Å². The smallest absolute Gasteiger partial charge is 0.165 e. The highest BCUT2D eigenvalue weighted by atomic mass is 32.2. The Morgan fingerprint density at radius 2 is 2.18 bits per heavy atom. The van der Waals surface area contributed by atoms with E-state index in [1.165, 1.54) is 18.2 Å². The van der Waals surface area contributed by atoms with Gasteiger partial charge in [-0.3, -0.25) is 4.90 Å². The second kappa shape index (κ2) is 6.26. The quantitative estimate of drug-likeness (QED) is 0.725. The lowest BCUT2D eigenvalue weighted by atomic mass is 10.1. The monoisotopic (exact) mass is 255 g/mol. The normalized spacial score (nSPS) is 16.8. The van der Waals surface area contributed by atoms with Crippen molar-refractivity contribution in [2.45, 2.75) is 12.5 Å². The summed E-state index contributed by atoms with van der Waals surface area (Å²) in [6, 6.07) is 6.60. The zero-order chi connectivity index (χ0) is 12.1. The molecule has 1 heterocycles. The van der Waals surface area contributed by atoms with Gasteiger partial charge in [0.05, 0.1) is 0 Å². The molecule has 0 N–H and O–H groups in total. The molecule has 2 rings (SSSR count). The summed E-state index contributed by atoms with van der Waals surface area (Å²) in [7, 11) is 0. The van der Waals surface area contributed by atoms with Gasteiger partial charge in [-0.05, 0) is 37.1 Å². The molecule has 94 valence electrons. The van der Waals surface area contributed by atoms with Crippen LogP contribution in [0.15, 0.2) is 24.3 Å². The Bertz CT molecular complexity index is 355. The average Bonchev–Trinajstić information content (AvgIpc) is 2.28. The van der Waals surface area contributed by atoms with Crippen molar-refractivity contribution in [3.63, 3.8) is 0 Å². The fourth-order valence-electron chi connectivity index (χ4n) is 1.93. The van der Waals surface area contributed by atoms with Gasteiger partial charge in [0, 0.05) is 13.1 Å². The van der Waals surface area contributed by atoms with Crippen LogP contribution in [0.1, 0.15) is 6.42 Å². The van der Waals surface area contributed by atoms with Crippen molar-refractivity contribution in [1.29, 1.82) is 0 Å². The largest absolute Gasteiger partial charge is 0.485 e. The van der Waals surface area contributed by atoms with Crippen molar-refractivity contribution in [3.8, 4) is 5.75 Å². The number of hydrogen-bond acceptors (Lipinski definition) is 3. The minimum Gasteiger partial charge on any atom is -0.485 e. The minimum absolute atomic E-state index is 0.154. The maximum atomic E-state index is 13.3. The molecule has 17 heavy (non-hydrogen) atoms. The number of halogens is 1. The van der Waals surface area contributed by atoms with E-state index in [-0.39, 0.29) is 11.9 Å². The first-order valence-corrected chi connectivity index (χ1v) is 7.31. The summed E-state index contributed by atoms with van der Waals surface area (Å²) in [4.78, 5) is 2.35. The van der Waals surface area contributed by atoms with Crippen molar-refractivity contribution in [1.82, 2.24) is 4.90 Å². The summed E-state index contributed by atoms with van der Waals surface area (Å²) in [5.41, 5.74) is 0. The van der Waals surface area contributed by atoms with Gasteiger partial charge in [-0.2, -0.15) is 11.8 Å². The molecule has 1 aromatic carbocycles. The molecule has 0 atom stereocenters. The lowest BCUT2D eigenvalue weighted by molar-refractivity contribution is 0.0181. The first kappa shape index (κ1) is 12.7. The molecule has 0 spiro atoms. The number of thioether (sulfide) groups is 1. The highest BCUT2D eigenvalue weighted by molar-refractivity contribution is 7.98. The van der Waals surface area contributed by atoms with Crippen LogP contribution in [0.2, 0.25) is 0 Å². The molecule has 1 aromatic rings. The van der Waals surface area contributed by atoms with E-state index < -0.39 is 0 Å². The van der Waals surface area contributed by atoms with Crippen LogP contribution in [0.3, 0.4) is 0 Å². The number of hydrogen-bond donors (Lipinski definition) is 0. The molecule has 4 heteroatoms. The van der Waals surface area contributed by atoms with Crippen LogP contribution in [0.5, 0.6) is 5.75 Å². The highest BCUT2D eigenvalue weighted by Gasteiger charge is 2.28. The number of para-hydroxylation sites is 1. The Labute approximate surface area is 106 Å². The number of benzene rings is 1. The molecule has 0 radical (unpaired) electrons. The lowest BCUT2D eigenvalue weighted by Crippen LogP contribution is -2.54. The zero-order valence-corrected chi connectivity index (χ0v) is 10.9. The van der Waals surface area contributed by atoms with Gasteiger partial charge in [0.15, 0.2) is 11.6 Å². The summed E-state index contributed by atoms with van der Waals surface area (Å²) < 4.78 is 18.9. The van der Waals surface area contributed by atoms with Gasteiger partial charge in [0.25, 0.3) is 0 Å². The molecule has 2 nitrogen and oxygen atoms in total. The van der Waals surface area contributed by atoms with E-state index in [0.29, 0.717) is 5.75 Å². The number of nitrogens with zero attached hydrogens (tertiary/aromatic N) is 1. The third-order valence-corrected chi connectivity index (χ3v) is 3.57. The lowest BCUT2D eigenvalue weighted by Gasteiger charge is -2.39. The van der Waals surface area contributed by atoms with Crippen LogP contribution in [-0.4, -0.2) is 42.6 Å². The van der Waals surface area contributed by atoms with E-state index in [4.69, 9.17) is 4.74 Å². The molecular formula is C13H18FNOS. The van der Waals surface area contributed by atoms with Gasteiger partial charge in [-0.25, -0.2) is 4.39 Å². The van der Waals surface area contributed by atoms with Crippen LogP contribution in [-0.2, 0) is 0 Å². The Kier molecular flexibility index (Phi) is 4.68. The predicted molar refractivity (Wildman–Crippen MR) is 70.3 cm³/mol. The molecule has 0 aliphatic carbocycles. The molecule has 0 bridgehead atoms. The standard InChI is InChI=1S/C13H18FNOS/c1-17-8-4-7-15-9-11(10-15)16-13-6-3-2-5-12(13)14/h2-3,5-6,11H,4,7-10H2,1H3. The van der Waals surface area contributed by atoms with Crippen LogP contribution >= 0.6 is 11.8 Å². The van der Waals surface area contributed by atoms with Crippen molar-refractivity contribution < 1.29 is 9.13 Å². The summed E-state index contributed by atoms with van der Waals surface area (Å²) in [6.45, 7) is 2.96. The predicted octanol–water partition coefficient (Wildman–Crippen LogP) is 2.64. The molecule has 0 unspecified atom stereocenters. The van der Waals surface area contributed by atoms with Gasteiger partial charge in [0.1, 0.15) is 6.10 Å². The number of rotatable bonds is 6. The van der Waals surface area contributed by atoms with E-state index in [2.05, 4.69) is 11.2 Å². The van der Waals surface area contributed by atoms with E-state index in [1.807, 2.05) is 11.8 Å². The minimum atomic E-state index is -0.270. The third kappa shape index (κ3) is 3.61. The summed E-state index contributed by atoms with van der Waals surface area (Å²) in [5, 5.41) is 0. The Morgan fingerprint density at radius 3 is 2.88 bits per heavy atom. The van der Waals surface area contributed by atoms with Gasteiger partial charge < -0.3 is 4.74 Å². The molecule has 1 aliphatic heterocycles. The molecule has 1 fully saturated rings. The maximum Gasteiger partial charge on any atom is 0.165 e. The van der Waals surface area contributed by atoms with Crippen molar-refractivity contribution in [3.05, 3.63) is 30.1 Å². The summed E-state index contributed by atoms with van der Waals surface area (Å²) in [6.07, 6.45) is 3.49. The number of likely N-dealkylation sites (tertiary alicyclic amines) is 1. The molecule has 0 saturated carbocycles. The van der Waals surface area contributed by atoms with Crippen LogP contribution < -0.4 is 4.74 Å². The molecule has 1 aliphatic rings. The van der Waals surface area contributed by atoms with Crippen LogP contribution in [0.25, 0.3) is 0 Å². The topological polar surface area (TPSA) is 12.5 Å². The zero-order valence-electron chi connectivity index (χ0n) is 10.1. The Morgan fingerprint density at radius 1 is 1.41 bits per heavy atom. The van der Waals surface area contributed by atoms with E-state index in [9.17, 15) is 4.39 Å². The SMILES string of the molecule is CSCCCN1CC(Oc2ccccc2F)C1. The Hall–Kier alpha value is -0.740. The summed E-state index contributed by atoms with van der Waals surface area (Å²) in [5.74, 6) is 1.31. The maximum absolute atomic E-state index is 13.3. The Balaban J connectivity index is 1.69. The third-order valence-electron chi connectivity index (χ3n) is 2.88. The van der Waals surface area contributed by atoms with Gasteiger partial charge >= 0.3 is 0 Å². The van der Waals surface area contributed by atoms with Gasteiger partial charge in [-0.1, -0.05) is 12.1 Å². The average molecular weight is 255 g/mol. The highest BCUT2D eigenvalue weighted by Crippen LogP contribution is 2.21. The fourth-order valence-corrected chi connectivity index (χ4v) is 2.35. The van der Waals surface area contributed by atoms with Crippen LogP contribution in [0, 0.1) is 5.82 Å². The molecule has 0 amide bonds. The molecule has 1 saturated heterocycles. The first-order chi connectivity index (χ1) is 8.29. The molecule has 0 aromatic heterocycles. The second-order valence-corrected chi connectivity index (χ2v) is 5.26. The van der Waals surface area contributed by atoms with E-state index in [0.717, 1.165) is 19.6 Å².